The first-order chi connectivity index (χ1) is 10.6. The lowest BCUT2D eigenvalue weighted by Crippen LogP contribution is -2.48. The van der Waals surface area contributed by atoms with Crippen molar-refractivity contribution in [1.29, 1.82) is 0 Å². The smallest absolute Gasteiger partial charge is 0.325 e. The van der Waals surface area contributed by atoms with Crippen LogP contribution in [0, 0.1) is 0 Å². The minimum atomic E-state index is -0.500. The van der Waals surface area contributed by atoms with Crippen LogP contribution in [0.4, 0.5) is 0 Å². The number of amides is 1. The second-order valence-corrected chi connectivity index (χ2v) is 6.09. The van der Waals surface area contributed by atoms with E-state index in [1.807, 2.05) is 22.4 Å². The zero-order valence-corrected chi connectivity index (χ0v) is 12.7. The Hall–Kier alpha value is -2.19. The normalized spacial score (nSPS) is 15.9. The van der Waals surface area contributed by atoms with Gasteiger partial charge in [0.1, 0.15) is 0 Å². The SMILES string of the molecule is O=C(c1cccs1)N1CCN(Cc2c[nH]c(=O)[nH]c2=O)CC1. The van der Waals surface area contributed by atoms with Crippen LogP contribution in [0.25, 0.3) is 0 Å². The fourth-order valence-electron chi connectivity index (χ4n) is 2.46. The van der Waals surface area contributed by atoms with E-state index in [-0.39, 0.29) is 11.5 Å². The highest BCUT2D eigenvalue weighted by Crippen LogP contribution is 2.14. The summed E-state index contributed by atoms with van der Waals surface area (Å²) in [5, 5.41) is 1.89. The van der Waals surface area contributed by atoms with Crippen LogP contribution in [0.15, 0.2) is 33.3 Å². The summed E-state index contributed by atoms with van der Waals surface area (Å²) in [7, 11) is 0. The van der Waals surface area contributed by atoms with E-state index in [0.29, 0.717) is 38.3 Å². The van der Waals surface area contributed by atoms with E-state index in [1.165, 1.54) is 17.5 Å². The molecule has 7 nitrogen and oxygen atoms in total. The van der Waals surface area contributed by atoms with Gasteiger partial charge in [0.05, 0.1) is 4.88 Å². The zero-order chi connectivity index (χ0) is 15.5. The highest BCUT2D eigenvalue weighted by molar-refractivity contribution is 7.12. The Morgan fingerprint density at radius 1 is 1.23 bits per heavy atom. The van der Waals surface area contributed by atoms with E-state index in [1.54, 1.807) is 0 Å². The van der Waals surface area contributed by atoms with Crippen molar-refractivity contribution >= 4 is 17.2 Å². The third-order valence-corrected chi connectivity index (χ3v) is 4.54. The number of rotatable bonds is 3. The molecule has 8 heteroatoms. The Bertz CT molecular complexity index is 757. The molecule has 3 rings (SSSR count). The average Bonchev–Trinajstić information content (AvgIpc) is 3.04. The molecule has 2 aromatic rings. The first-order valence-corrected chi connectivity index (χ1v) is 7.87. The van der Waals surface area contributed by atoms with Crippen molar-refractivity contribution in [2.45, 2.75) is 6.54 Å². The van der Waals surface area contributed by atoms with Crippen LogP contribution in [-0.4, -0.2) is 51.9 Å². The Morgan fingerprint density at radius 2 is 2.00 bits per heavy atom. The van der Waals surface area contributed by atoms with Gasteiger partial charge in [0.2, 0.25) is 0 Å². The first-order valence-electron chi connectivity index (χ1n) is 6.99. The van der Waals surface area contributed by atoms with E-state index in [4.69, 9.17) is 0 Å². The summed E-state index contributed by atoms with van der Waals surface area (Å²) in [5.41, 5.74) is -0.335. The summed E-state index contributed by atoms with van der Waals surface area (Å²) < 4.78 is 0. The molecule has 1 aliphatic rings. The number of carbonyl (C=O) groups is 1. The van der Waals surface area contributed by atoms with Crippen LogP contribution in [0.5, 0.6) is 0 Å². The molecule has 1 saturated heterocycles. The summed E-state index contributed by atoms with van der Waals surface area (Å²) in [5.74, 6) is 0.0662. The molecule has 22 heavy (non-hydrogen) atoms. The van der Waals surface area contributed by atoms with Crippen LogP contribution in [0.2, 0.25) is 0 Å². The molecule has 0 radical (unpaired) electrons. The summed E-state index contributed by atoms with van der Waals surface area (Å²) in [6.45, 7) is 3.15. The van der Waals surface area contributed by atoms with Gasteiger partial charge in [-0.3, -0.25) is 19.5 Å². The number of aromatic nitrogens is 2. The van der Waals surface area contributed by atoms with Crippen molar-refractivity contribution in [2.24, 2.45) is 0 Å². The van der Waals surface area contributed by atoms with Gasteiger partial charge in [-0.05, 0) is 11.4 Å². The predicted molar refractivity (Wildman–Crippen MR) is 83.2 cm³/mol. The molecule has 0 spiro atoms. The summed E-state index contributed by atoms with van der Waals surface area (Å²) in [4.78, 5) is 44.3. The first kappa shape index (κ1) is 14.7. The molecule has 2 N–H and O–H groups in total. The van der Waals surface area contributed by atoms with Crippen LogP contribution in [-0.2, 0) is 6.54 Å². The van der Waals surface area contributed by atoms with Crippen LogP contribution in [0.3, 0.4) is 0 Å². The second kappa shape index (κ2) is 6.29. The number of hydrogen-bond donors (Lipinski definition) is 2. The number of aromatic amines is 2. The lowest BCUT2D eigenvalue weighted by atomic mass is 10.2. The average molecular weight is 320 g/mol. The molecule has 1 fully saturated rings. The molecule has 0 aromatic carbocycles. The number of nitrogens with zero attached hydrogens (tertiary/aromatic N) is 2. The van der Waals surface area contributed by atoms with Gasteiger partial charge in [0.15, 0.2) is 0 Å². The minimum Gasteiger partial charge on any atom is -0.335 e. The van der Waals surface area contributed by atoms with E-state index < -0.39 is 5.69 Å². The topological polar surface area (TPSA) is 89.3 Å². The van der Waals surface area contributed by atoms with Crippen LogP contribution >= 0.6 is 11.3 Å². The molecule has 116 valence electrons. The molecule has 0 unspecified atom stereocenters. The molecule has 0 saturated carbocycles. The Morgan fingerprint density at radius 3 is 2.64 bits per heavy atom. The number of nitrogens with one attached hydrogen (secondary N) is 2. The lowest BCUT2D eigenvalue weighted by molar-refractivity contribution is 0.0632. The predicted octanol–water partition coefficient (Wildman–Crippen LogP) is 0.0827. The second-order valence-electron chi connectivity index (χ2n) is 5.14. The highest BCUT2D eigenvalue weighted by Gasteiger charge is 2.23. The van der Waals surface area contributed by atoms with Crippen molar-refractivity contribution in [3.8, 4) is 0 Å². The van der Waals surface area contributed by atoms with Crippen molar-refractivity contribution in [1.82, 2.24) is 19.8 Å². The molecule has 1 amide bonds. The molecule has 0 aliphatic carbocycles. The molecule has 3 heterocycles. The van der Waals surface area contributed by atoms with Gasteiger partial charge >= 0.3 is 5.69 Å². The van der Waals surface area contributed by atoms with Gasteiger partial charge in [-0.2, -0.15) is 0 Å². The quantitative estimate of drug-likeness (QED) is 0.838. The van der Waals surface area contributed by atoms with Crippen molar-refractivity contribution in [3.05, 3.63) is 55.0 Å². The zero-order valence-electron chi connectivity index (χ0n) is 11.9. The molecule has 1 aliphatic heterocycles. The number of piperazine rings is 1. The monoisotopic (exact) mass is 320 g/mol. The number of carbonyl (C=O) groups excluding carboxylic acids is 1. The third kappa shape index (κ3) is 3.18. The molecule has 0 atom stereocenters. The minimum absolute atomic E-state index is 0.0662. The van der Waals surface area contributed by atoms with Crippen LogP contribution in [0.1, 0.15) is 15.2 Å². The summed E-state index contributed by atoms with van der Waals surface area (Å²) in [6, 6.07) is 3.70. The van der Waals surface area contributed by atoms with Crippen molar-refractivity contribution in [2.75, 3.05) is 26.2 Å². The largest absolute Gasteiger partial charge is 0.335 e. The van der Waals surface area contributed by atoms with Gasteiger partial charge in [-0.1, -0.05) is 6.07 Å². The Balaban J connectivity index is 1.59. The number of H-pyrrole nitrogens is 2. The fourth-order valence-corrected chi connectivity index (χ4v) is 3.15. The maximum absolute atomic E-state index is 12.2. The van der Waals surface area contributed by atoms with E-state index >= 15 is 0 Å². The molecular weight excluding hydrogens is 304 g/mol. The molecular formula is C14H16N4O3S. The van der Waals surface area contributed by atoms with E-state index in [9.17, 15) is 14.4 Å². The van der Waals surface area contributed by atoms with Gasteiger partial charge < -0.3 is 9.88 Å². The highest BCUT2D eigenvalue weighted by atomic mass is 32.1. The van der Waals surface area contributed by atoms with Gasteiger partial charge in [-0.15, -0.1) is 11.3 Å². The maximum atomic E-state index is 12.2. The number of hydrogen-bond acceptors (Lipinski definition) is 5. The van der Waals surface area contributed by atoms with Gasteiger partial charge in [-0.25, -0.2) is 4.79 Å². The Kier molecular flexibility index (Phi) is 4.21. The van der Waals surface area contributed by atoms with Crippen molar-refractivity contribution < 1.29 is 4.79 Å². The molecule has 2 aromatic heterocycles. The maximum Gasteiger partial charge on any atom is 0.325 e. The summed E-state index contributed by atoms with van der Waals surface area (Å²) >= 11 is 1.45. The van der Waals surface area contributed by atoms with E-state index in [2.05, 4.69) is 14.9 Å². The van der Waals surface area contributed by atoms with Crippen molar-refractivity contribution in [3.63, 3.8) is 0 Å². The molecule has 0 bridgehead atoms. The third-order valence-electron chi connectivity index (χ3n) is 3.68. The van der Waals surface area contributed by atoms with Crippen LogP contribution < -0.4 is 11.2 Å². The number of thiophene rings is 1. The van der Waals surface area contributed by atoms with E-state index in [0.717, 1.165) is 4.88 Å². The standard InChI is InChI=1S/C14H16N4O3S/c19-12-10(8-15-14(21)16-12)9-17-3-5-18(6-4-17)13(20)11-2-1-7-22-11/h1-2,7-8H,3-6,9H2,(H2,15,16,19,21). The van der Waals surface area contributed by atoms with Gasteiger partial charge in [0.25, 0.3) is 11.5 Å². The fraction of sp³-hybridized carbons (Fsp3) is 0.357. The van der Waals surface area contributed by atoms with Gasteiger partial charge in [0, 0.05) is 44.5 Å². The lowest BCUT2D eigenvalue weighted by Gasteiger charge is -2.34. The summed E-state index contributed by atoms with van der Waals surface area (Å²) in [6.07, 6.45) is 1.45. The Labute approximate surface area is 130 Å².